The summed E-state index contributed by atoms with van der Waals surface area (Å²) in [5.41, 5.74) is -3.56. The Morgan fingerprint density at radius 2 is 1.27 bits per heavy atom. The van der Waals surface area contributed by atoms with Crippen LogP contribution in [0.15, 0.2) is 59.5 Å². The largest absolute Gasteiger partial charge is 0.465 e. The van der Waals surface area contributed by atoms with Crippen molar-refractivity contribution >= 4 is 29.7 Å². The third kappa shape index (κ3) is 5.17. The molecule has 0 aliphatic carbocycles. The lowest BCUT2D eigenvalue weighted by molar-refractivity contribution is 0.0511. The number of hydrogen-bond donors (Lipinski definition) is 0. The van der Waals surface area contributed by atoms with E-state index in [1.807, 2.05) is 0 Å². The van der Waals surface area contributed by atoms with Crippen LogP contribution < -0.4 is 10.6 Å². The third-order valence-electron chi connectivity index (χ3n) is 5.23. The fourth-order valence-electron chi connectivity index (χ4n) is 3.59. The predicted octanol–water partition coefficient (Wildman–Crippen LogP) is 1.86. The highest BCUT2D eigenvalue weighted by atomic mass is 16.5. The molecular formula is C25H23N3O9. The maximum absolute atomic E-state index is 13.9. The van der Waals surface area contributed by atoms with E-state index in [1.54, 1.807) is 48.5 Å². The smallest absolute Gasteiger partial charge is 0.357 e. The topological polar surface area (TPSA) is 143 Å². The highest BCUT2D eigenvalue weighted by molar-refractivity contribution is 6.14. The Hall–Kier alpha value is -5.00. The first kappa shape index (κ1) is 26.6. The number of hydrogen-bond acceptors (Lipinski definition) is 11. The van der Waals surface area contributed by atoms with Gasteiger partial charge in [-0.25, -0.2) is 28.8 Å². The second-order valence-corrected chi connectivity index (χ2v) is 7.29. The standard InChI is InChI=1S/C25H23N3O9/c1-34-22(30)17-18(23(31)35-2)20(25(33)37-4)28(21(29)19(17)24(32)36-3)27(16-12-8-9-13-26-16)14-15-10-6-5-7-11-15/h5-13H,14H2,1-4H3. The number of ether oxygens (including phenoxy) is 4. The van der Waals surface area contributed by atoms with Crippen molar-refractivity contribution in [3.63, 3.8) is 0 Å². The number of methoxy groups -OCH3 is 4. The van der Waals surface area contributed by atoms with Gasteiger partial charge < -0.3 is 18.9 Å². The van der Waals surface area contributed by atoms with Gasteiger partial charge in [0.2, 0.25) is 0 Å². The summed E-state index contributed by atoms with van der Waals surface area (Å²) in [5.74, 6) is -4.71. The molecule has 0 radical (unpaired) electrons. The van der Waals surface area contributed by atoms with Crippen LogP contribution in [-0.4, -0.2) is 62.0 Å². The second kappa shape index (κ2) is 11.6. The molecule has 3 rings (SSSR count). The number of nitrogens with zero attached hydrogens (tertiary/aromatic N) is 3. The Labute approximate surface area is 210 Å². The minimum absolute atomic E-state index is 0.0550. The molecule has 0 fully saturated rings. The van der Waals surface area contributed by atoms with Gasteiger partial charge in [-0.1, -0.05) is 36.4 Å². The van der Waals surface area contributed by atoms with Gasteiger partial charge in [0, 0.05) is 6.20 Å². The normalized spacial score (nSPS) is 10.3. The first-order valence-electron chi connectivity index (χ1n) is 10.7. The van der Waals surface area contributed by atoms with E-state index in [1.165, 1.54) is 11.2 Å². The van der Waals surface area contributed by atoms with Crippen LogP contribution in [0.4, 0.5) is 5.82 Å². The van der Waals surface area contributed by atoms with E-state index in [0.29, 0.717) is 5.56 Å². The summed E-state index contributed by atoms with van der Waals surface area (Å²) in [5, 5.41) is 1.25. The highest BCUT2D eigenvalue weighted by Crippen LogP contribution is 2.24. The minimum Gasteiger partial charge on any atom is -0.465 e. The maximum atomic E-state index is 13.9. The molecule has 2 aromatic heterocycles. The van der Waals surface area contributed by atoms with Crippen LogP contribution in [0.25, 0.3) is 0 Å². The number of rotatable bonds is 8. The molecule has 0 aliphatic rings. The first-order valence-corrected chi connectivity index (χ1v) is 10.7. The predicted molar refractivity (Wildman–Crippen MR) is 128 cm³/mol. The van der Waals surface area contributed by atoms with Crippen molar-refractivity contribution in [3.8, 4) is 0 Å². The fourth-order valence-corrected chi connectivity index (χ4v) is 3.59. The van der Waals surface area contributed by atoms with Gasteiger partial charge in [-0.15, -0.1) is 0 Å². The van der Waals surface area contributed by atoms with Crippen LogP contribution in [0, 0.1) is 0 Å². The quantitative estimate of drug-likeness (QED) is 0.324. The van der Waals surface area contributed by atoms with Gasteiger partial charge in [-0.3, -0.25) is 9.80 Å². The number of carbonyl (C=O) groups is 4. The van der Waals surface area contributed by atoms with Gasteiger partial charge in [0.25, 0.3) is 5.56 Å². The molecular weight excluding hydrogens is 486 g/mol. The van der Waals surface area contributed by atoms with Gasteiger partial charge in [0.05, 0.1) is 40.5 Å². The Morgan fingerprint density at radius 3 is 1.81 bits per heavy atom. The molecule has 0 amide bonds. The molecule has 0 spiro atoms. The summed E-state index contributed by atoms with van der Waals surface area (Å²) >= 11 is 0. The van der Waals surface area contributed by atoms with Crippen LogP contribution in [0.5, 0.6) is 0 Å². The fraction of sp³-hybridized carbons (Fsp3) is 0.200. The lowest BCUT2D eigenvalue weighted by Gasteiger charge is -2.29. The van der Waals surface area contributed by atoms with E-state index < -0.39 is 51.8 Å². The van der Waals surface area contributed by atoms with Gasteiger partial charge in [0.1, 0.15) is 16.9 Å². The summed E-state index contributed by atoms with van der Waals surface area (Å²) < 4.78 is 19.9. The zero-order valence-electron chi connectivity index (χ0n) is 20.4. The van der Waals surface area contributed by atoms with Crippen molar-refractivity contribution in [2.75, 3.05) is 33.4 Å². The summed E-state index contributed by atoms with van der Waals surface area (Å²) in [6.45, 7) is -0.0550. The van der Waals surface area contributed by atoms with E-state index in [4.69, 9.17) is 18.9 Å². The molecule has 192 valence electrons. The van der Waals surface area contributed by atoms with E-state index >= 15 is 0 Å². The van der Waals surface area contributed by atoms with Crippen molar-refractivity contribution < 1.29 is 38.1 Å². The number of esters is 4. The number of carbonyl (C=O) groups excluding carboxylic acids is 4. The number of anilines is 1. The van der Waals surface area contributed by atoms with Gasteiger partial charge in [0.15, 0.2) is 5.69 Å². The lowest BCUT2D eigenvalue weighted by atomic mass is 10.00. The first-order chi connectivity index (χ1) is 17.8. The average Bonchev–Trinajstić information content (AvgIpc) is 2.94. The minimum atomic E-state index is -1.25. The van der Waals surface area contributed by atoms with Gasteiger partial charge in [-0.05, 0) is 17.7 Å². The van der Waals surface area contributed by atoms with Crippen LogP contribution in [0.1, 0.15) is 47.1 Å². The lowest BCUT2D eigenvalue weighted by Crippen LogP contribution is -2.46. The van der Waals surface area contributed by atoms with E-state index in [9.17, 15) is 24.0 Å². The SMILES string of the molecule is COC(=O)c1c(C(=O)OC)c(C(=O)OC)n(N(Cc2ccccc2)c2ccccn2)c(=O)c1C(=O)OC. The second-order valence-electron chi connectivity index (χ2n) is 7.29. The molecule has 37 heavy (non-hydrogen) atoms. The summed E-state index contributed by atoms with van der Waals surface area (Å²) in [6, 6.07) is 13.6. The number of pyridine rings is 2. The van der Waals surface area contributed by atoms with Crippen molar-refractivity contribution in [3.05, 3.63) is 93.0 Å². The van der Waals surface area contributed by atoms with Crippen molar-refractivity contribution in [1.82, 2.24) is 9.66 Å². The molecule has 0 N–H and O–H groups in total. The molecule has 12 nitrogen and oxygen atoms in total. The molecule has 0 saturated heterocycles. The summed E-state index contributed by atoms with van der Waals surface area (Å²) in [4.78, 5) is 69.9. The zero-order valence-corrected chi connectivity index (χ0v) is 20.4. The monoisotopic (exact) mass is 509 g/mol. The van der Waals surface area contributed by atoms with Crippen LogP contribution in [0.2, 0.25) is 0 Å². The molecule has 3 aromatic rings. The molecule has 0 saturated carbocycles. The Morgan fingerprint density at radius 1 is 0.730 bits per heavy atom. The molecule has 0 atom stereocenters. The molecule has 0 aliphatic heterocycles. The van der Waals surface area contributed by atoms with E-state index in [2.05, 4.69) is 4.98 Å². The zero-order chi connectivity index (χ0) is 27.1. The van der Waals surface area contributed by atoms with Crippen molar-refractivity contribution in [1.29, 1.82) is 0 Å². The van der Waals surface area contributed by atoms with E-state index in [0.717, 1.165) is 33.1 Å². The van der Waals surface area contributed by atoms with Crippen LogP contribution >= 0.6 is 0 Å². The Bertz CT molecular complexity index is 1390. The highest BCUT2D eigenvalue weighted by Gasteiger charge is 2.39. The van der Waals surface area contributed by atoms with Crippen molar-refractivity contribution in [2.45, 2.75) is 6.54 Å². The summed E-state index contributed by atoms with van der Waals surface area (Å²) in [7, 11) is 3.98. The average molecular weight is 509 g/mol. The molecule has 0 unspecified atom stereocenters. The molecule has 1 aromatic carbocycles. The molecule has 12 heteroatoms. The van der Waals surface area contributed by atoms with Gasteiger partial charge in [-0.2, -0.15) is 0 Å². The molecule has 0 bridgehead atoms. The number of benzene rings is 1. The van der Waals surface area contributed by atoms with E-state index in [-0.39, 0.29) is 12.4 Å². The number of aromatic nitrogens is 2. The molecule has 2 heterocycles. The summed E-state index contributed by atoms with van der Waals surface area (Å²) in [6.07, 6.45) is 1.45. The van der Waals surface area contributed by atoms with Crippen LogP contribution in [-0.2, 0) is 25.5 Å². The Kier molecular flexibility index (Phi) is 8.35. The third-order valence-corrected chi connectivity index (χ3v) is 5.23. The maximum Gasteiger partial charge on any atom is 0.357 e. The van der Waals surface area contributed by atoms with Crippen molar-refractivity contribution in [2.24, 2.45) is 0 Å². The van der Waals surface area contributed by atoms with Gasteiger partial charge >= 0.3 is 23.9 Å². The van der Waals surface area contributed by atoms with Crippen LogP contribution in [0.3, 0.4) is 0 Å². The Balaban J connectivity index is 2.58.